The van der Waals surface area contributed by atoms with Crippen LogP contribution in [0.2, 0.25) is 0 Å². The standard InChI is InChI=1S/C11H20F2N2O2/c1-10(2,3)17-9(16)15(4)8-5-6-14-7-11(8,12)13/h8,14H,5-7H2,1-4H3/t8-/m0/s1. The summed E-state index contributed by atoms with van der Waals surface area (Å²) in [4.78, 5) is 12.7. The highest BCUT2D eigenvalue weighted by molar-refractivity contribution is 5.68. The van der Waals surface area contributed by atoms with Crippen molar-refractivity contribution in [3.05, 3.63) is 0 Å². The van der Waals surface area contributed by atoms with Crippen molar-refractivity contribution in [2.24, 2.45) is 0 Å². The topological polar surface area (TPSA) is 41.6 Å². The molecule has 100 valence electrons. The number of hydrogen-bond acceptors (Lipinski definition) is 3. The molecule has 0 unspecified atom stereocenters. The van der Waals surface area contributed by atoms with Gasteiger partial charge in [0.05, 0.1) is 6.54 Å². The third-order valence-electron chi connectivity index (χ3n) is 2.59. The van der Waals surface area contributed by atoms with Gasteiger partial charge < -0.3 is 15.0 Å². The molecular weight excluding hydrogens is 230 g/mol. The van der Waals surface area contributed by atoms with Gasteiger partial charge in [0, 0.05) is 7.05 Å². The van der Waals surface area contributed by atoms with Crippen LogP contribution in [0.4, 0.5) is 13.6 Å². The Morgan fingerprint density at radius 3 is 2.53 bits per heavy atom. The number of ether oxygens (including phenoxy) is 1. The Kier molecular flexibility index (Phi) is 3.96. The third-order valence-corrected chi connectivity index (χ3v) is 2.59. The van der Waals surface area contributed by atoms with Gasteiger partial charge in [-0.1, -0.05) is 0 Å². The van der Waals surface area contributed by atoms with Crippen LogP contribution in [-0.2, 0) is 4.74 Å². The quantitative estimate of drug-likeness (QED) is 0.772. The van der Waals surface area contributed by atoms with Gasteiger partial charge in [-0.3, -0.25) is 0 Å². The lowest BCUT2D eigenvalue weighted by Crippen LogP contribution is -2.58. The fourth-order valence-corrected chi connectivity index (χ4v) is 1.76. The molecule has 17 heavy (non-hydrogen) atoms. The smallest absolute Gasteiger partial charge is 0.410 e. The van der Waals surface area contributed by atoms with E-state index in [9.17, 15) is 13.6 Å². The largest absolute Gasteiger partial charge is 0.444 e. The van der Waals surface area contributed by atoms with Gasteiger partial charge in [-0.2, -0.15) is 0 Å². The molecule has 4 nitrogen and oxygen atoms in total. The summed E-state index contributed by atoms with van der Waals surface area (Å²) < 4.78 is 32.3. The number of carbonyl (C=O) groups excluding carboxylic acids is 1. The van der Waals surface area contributed by atoms with Crippen LogP contribution in [0.1, 0.15) is 27.2 Å². The molecule has 1 atom stereocenters. The van der Waals surface area contributed by atoms with Gasteiger partial charge in [-0.15, -0.1) is 0 Å². The first-order chi connectivity index (χ1) is 7.63. The molecule has 0 aliphatic carbocycles. The van der Waals surface area contributed by atoms with E-state index < -0.39 is 30.2 Å². The predicted octanol–water partition coefficient (Wildman–Crippen LogP) is 1.85. The lowest BCUT2D eigenvalue weighted by Gasteiger charge is -2.38. The Morgan fingerprint density at radius 2 is 2.06 bits per heavy atom. The van der Waals surface area contributed by atoms with Crippen LogP contribution in [-0.4, -0.2) is 48.7 Å². The maximum atomic E-state index is 13.6. The summed E-state index contributed by atoms with van der Waals surface area (Å²) in [6.07, 6.45) is -0.480. The Labute approximate surface area is 100 Å². The van der Waals surface area contributed by atoms with Gasteiger partial charge in [-0.05, 0) is 33.7 Å². The lowest BCUT2D eigenvalue weighted by atomic mass is 10.0. The van der Waals surface area contributed by atoms with Crippen LogP contribution in [0, 0.1) is 0 Å². The van der Waals surface area contributed by atoms with E-state index in [1.807, 2.05) is 0 Å². The van der Waals surface area contributed by atoms with Crippen molar-refractivity contribution >= 4 is 6.09 Å². The lowest BCUT2D eigenvalue weighted by molar-refractivity contribution is -0.0903. The number of rotatable bonds is 1. The van der Waals surface area contributed by atoms with Crippen LogP contribution in [0.15, 0.2) is 0 Å². The molecule has 1 saturated heterocycles. The van der Waals surface area contributed by atoms with E-state index >= 15 is 0 Å². The number of amides is 1. The monoisotopic (exact) mass is 250 g/mol. The fourth-order valence-electron chi connectivity index (χ4n) is 1.76. The summed E-state index contributed by atoms with van der Waals surface area (Å²) in [7, 11) is 1.36. The average molecular weight is 250 g/mol. The van der Waals surface area contributed by atoms with E-state index in [4.69, 9.17) is 4.74 Å². The second kappa shape index (κ2) is 4.76. The molecule has 6 heteroatoms. The fraction of sp³-hybridized carbons (Fsp3) is 0.909. The molecule has 0 aromatic rings. The van der Waals surface area contributed by atoms with Crippen LogP contribution >= 0.6 is 0 Å². The average Bonchev–Trinajstić information content (AvgIpc) is 2.13. The van der Waals surface area contributed by atoms with Gasteiger partial charge in [0.1, 0.15) is 11.6 Å². The van der Waals surface area contributed by atoms with E-state index in [0.29, 0.717) is 6.54 Å². The Balaban J connectivity index is 2.68. The van der Waals surface area contributed by atoms with Crippen molar-refractivity contribution < 1.29 is 18.3 Å². The second-order valence-electron chi connectivity index (χ2n) is 5.33. The van der Waals surface area contributed by atoms with Crippen LogP contribution < -0.4 is 5.32 Å². The van der Waals surface area contributed by atoms with Gasteiger partial charge in [0.15, 0.2) is 0 Å². The molecule has 0 aromatic carbocycles. The summed E-state index contributed by atoms with van der Waals surface area (Å²) in [5.74, 6) is -2.91. The molecule has 0 spiro atoms. The molecular formula is C11H20F2N2O2. The molecule has 1 aliphatic heterocycles. The van der Waals surface area contributed by atoms with Crippen LogP contribution in [0.25, 0.3) is 0 Å². The van der Waals surface area contributed by atoms with Crippen LogP contribution in [0.5, 0.6) is 0 Å². The maximum absolute atomic E-state index is 13.6. The Morgan fingerprint density at radius 1 is 1.47 bits per heavy atom. The normalized spacial score (nSPS) is 24.2. The molecule has 1 N–H and O–H groups in total. The van der Waals surface area contributed by atoms with E-state index in [-0.39, 0.29) is 6.42 Å². The molecule has 0 aromatic heterocycles. The van der Waals surface area contributed by atoms with Crippen molar-refractivity contribution in [3.63, 3.8) is 0 Å². The summed E-state index contributed by atoms with van der Waals surface area (Å²) in [5, 5.41) is 2.62. The van der Waals surface area contributed by atoms with Crippen molar-refractivity contribution in [2.45, 2.75) is 44.8 Å². The summed E-state index contributed by atoms with van der Waals surface area (Å²) in [6, 6.07) is -1.10. The predicted molar refractivity (Wildman–Crippen MR) is 60.2 cm³/mol. The highest BCUT2D eigenvalue weighted by atomic mass is 19.3. The minimum Gasteiger partial charge on any atom is -0.444 e. The van der Waals surface area contributed by atoms with Crippen molar-refractivity contribution in [1.82, 2.24) is 10.2 Å². The number of alkyl halides is 2. The summed E-state index contributed by atoms with van der Waals surface area (Å²) in [6.45, 7) is 5.20. The molecule has 0 radical (unpaired) electrons. The zero-order chi connectivity index (χ0) is 13.3. The first-order valence-corrected chi connectivity index (χ1v) is 5.68. The number of hydrogen-bond donors (Lipinski definition) is 1. The van der Waals surface area contributed by atoms with Crippen molar-refractivity contribution in [1.29, 1.82) is 0 Å². The van der Waals surface area contributed by atoms with Gasteiger partial charge in [0.2, 0.25) is 0 Å². The molecule has 0 bridgehead atoms. The number of halogens is 2. The highest BCUT2D eigenvalue weighted by Gasteiger charge is 2.46. The highest BCUT2D eigenvalue weighted by Crippen LogP contribution is 2.28. The number of nitrogens with zero attached hydrogens (tertiary/aromatic N) is 1. The van der Waals surface area contributed by atoms with Gasteiger partial charge in [0.25, 0.3) is 5.92 Å². The third kappa shape index (κ3) is 3.80. The summed E-state index contributed by atoms with van der Waals surface area (Å²) >= 11 is 0. The first kappa shape index (κ1) is 14.2. The van der Waals surface area contributed by atoms with E-state index in [1.165, 1.54) is 7.05 Å². The number of piperidine rings is 1. The Bertz CT molecular complexity index is 290. The van der Waals surface area contributed by atoms with Crippen molar-refractivity contribution in [2.75, 3.05) is 20.1 Å². The molecule has 1 fully saturated rings. The maximum Gasteiger partial charge on any atom is 0.410 e. The SMILES string of the molecule is CN(C(=O)OC(C)(C)C)[C@H]1CCNCC1(F)F. The molecule has 1 aliphatic rings. The minimum absolute atomic E-state index is 0.225. The zero-order valence-corrected chi connectivity index (χ0v) is 10.7. The first-order valence-electron chi connectivity index (χ1n) is 5.68. The van der Waals surface area contributed by atoms with E-state index in [2.05, 4.69) is 5.32 Å². The molecule has 1 heterocycles. The molecule has 0 saturated carbocycles. The second-order valence-corrected chi connectivity index (χ2v) is 5.33. The zero-order valence-electron chi connectivity index (χ0n) is 10.7. The molecule has 1 rings (SSSR count). The molecule has 1 amide bonds. The van der Waals surface area contributed by atoms with E-state index in [0.717, 1.165) is 4.90 Å². The Hall–Kier alpha value is -0.910. The van der Waals surface area contributed by atoms with Crippen LogP contribution in [0.3, 0.4) is 0 Å². The van der Waals surface area contributed by atoms with Crippen molar-refractivity contribution in [3.8, 4) is 0 Å². The minimum atomic E-state index is -2.91. The van der Waals surface area contributed by atoms with Gasteiger partial charge in [-0.25, -0.2) is 13.6 Å². The number of carbonyl (C=O) groups is 1. The number of nitrogens with one attached hydrogen (secondary N) is 1. The summed E-state index contributed by atoms with van der Waals surface area (Å²) in [5.41, 5.74) is -0.673. The van der Waals surface area contributed by atoms with E-state index in [1.54, 1.807) is 20.8 Å². The van der Waals surface area contributed by atoms with Gasteiger partial charge >= 0.3 is 6.09 Å².